The minimum absolute atomic E-state index is 0.148. The first-order valence-corrected chi connectivity index (χ1v) is 6.63. The van der Waals surface area contributed by atoms with Crippen LogP contribution in [0, 0.1) is 22.6 Å². The summed E-state index contributed by atoms with van der Waals surface area (Å²) in [4.78, 5) is 0. The second kappa shape index (κ2) is 6.03. The summed E-state index contributed by atoms with van der Waals surface area (Å²) in [5.74, 6) is -0.0536. The van der Waals surface area contributed by atoms with Crippen molar-refractivity contribution in [2.75, 3.05) is 20.2 Å². The minimum Gasteiger partial charge on any atom is -0.494 e. The van der Waals surface area contributed by atoms with Crippen molar-refractivity contribution in [2.24, 2.45) is 5.41 Å². The maximum atomic E-state index is 13.5. The molecule has 1 aromatic carbocycles. The topological polar surface area (TPSA) is 45.0 Å². The van der Waals surface area contributed by atoms with Crippen molar-refractivity contribution in [1.29, 1.82) is 5.26 Å². The highest BCUT2D eigenvalue weighted by Gasteiger charge is 2.36. The van der Waals surface area contributed by atoms with Crippen LogP contribution in [0.15, 0.2) is 18.2 Å². The Labute approximate surface area is 113 Å². The van der Waals surface area contributed by atoms with Gasteiger partial charge in [-0.25, -0.2) is 4.39 Å². The summed E-state index contributed by atoms with van der Waals surface area (Å²) in [5, 5.41) is 12.4. The van der Waals surface area contributed by atoms with Gasteiger partial charge in [-0.1, -0.05) is 12.5 Å². The van der Waals surface area contributed by atoms with E-state index in [4.69, 9.17) is 10.00 Å². The summed E-state index contributed by atoms with van der Waals surface area (Å²) in [6.07, 6.45) is 3.89. The third-order valence-corrected chi connectivity index (χ3v) is 3.82. The van der Waals surface area contributed by atoms with Crippen molar-refractivity contribution in [2.45, 2.75) is 25.7 Å². The van der Waals surface area contributed by atoms with Crippen molar-refractivity contribution in [3.8, 4) is 11.8 Å². The predicted molar refractivity (Wildman–Crippen MR) is 71.4 cm³/mol. The average molecular weight is 262 g/mol. The van der Waals surface area contributed by atoms with E-state index in [2.05, 4.69) is 11.4 Å². The Bertz CT molecular complexity index is 478. The number of ether oxygens (including phenoxy) is 1. The fraction of sp³-hybridized carbons (Fsp3) is 0.533. The fourth-order valence-electron chi connectivity index (χ4n) is 2.36. The number of nitrogens with zero attached hydrogens (tertiary/aromatic N) is 1. The molecule has 0 aromatic heterocycles. The molecular formula is C15H19FN2O. The molecule has 0 saturated heterocycles. The molecule has 0 heterocycles. The Morgan fingerprint density at radius 2 is 2.26 bits per heavy atom. The van der Waals surface area contributed by atoms with E-state index >= 15 is 0 Å². The van der Waals surface area contributed by atoms with E-state index < -0.39 is 0 Å². The third kappa shape index (κ3) is 3.24. The van der Waals surface area contributed by atoms with Crippen LogP contribution in [-0.4, -0.2) is 20.2 Å². The van der Waals surface area contributed by atoms with Gasteiger partial charge in [0.2, 0.25) is 0 Å². The van der Waals surface area contributed by atoms with Crippen molar-refractivity contribution in [3.05, 3.63) is 29.6 Å². The second-order valence-corrected chi connectivity index (χ2v) is 5.14. The Morgan fingerprint density at radius 3 is 2.79 bits per heavy atom. The van der Waals surface area contributed by atoms with Gasteiger partial charge < -0.3 is 10.1 Å². The molecule has 0 spiro atoms. The van der Waals surface area contributed by atoms with Crippen molar-refractivity contribution in [3.63, 3.8) is 0 Å². The van der Waals surface area contributed by atoms with E-state index in [0.717, 1.165) is 44.3 Å². The zero-order valence-corrected chi connectivity index (χ0v) is 11.2. The van der Waals surface area contributed by atoms with E-state index in [1.807, 2.05) is 6.07 Å². The van der Waals surface area contributed by atoms with Crippen LogP contribution in [0.2, 0.25) is 0 Å². The van der Waals surface area contributed by atoms with Crippen LogP contribution >= 0.6 is 0 Å². The first-order valence-electron chi connectivity index (χ1n) is 6.63. The molecule has 3 nitrogen and oxygen atoms in total. The van der Waals surface area contributed by atoms with E-state index in [1.54, 1.807) is 6.07 Å². The summed E-state index contributed by atoms with van der Waals surface area (Å²) < 4.78 is 18.4. The van der Waals surface area contributed by atoms with Crippen molar-refractivity contribution in [1.82, 2.24) is 5.32 Å². The van der Waals surface area contributed by atoms with Gasteiger partial charge in [-0.15, -0.1) is 0 Å². The molecule has 1 saturated carbocycles. The molecule has 0 bridgehead atoms. The lowest BCUT2D eigenvalue weighted by atomic mass is 9.70. The third-order valence-electron chi connectivity index (χ3n) is 3.82. The summed E-state index contributed by atoms with van der Waals surface area (Å²) in [6.45, 7) is 1.50. The van der Waals surface area contributed by atoms with Gasteiger partial charge in [0.15, 0.2) is 11.6 Å². The van der Waals surface area contributed by atoms with Crippen LogP contribution in [0.5, 0.6) is 5.75 Å². The normalized spacial score (nSPS) is 16.5. The SMILES string of the molecule is COc1ccc(CCNCC2(C#N)CCC2)cc1F. The van der Waals surface area contributed by atoms with E-state index in [0.29, 0.717) is 0 Å². The monoisotopic (exact) mass is 262 g/mol. The van der Waals surface area contributed by atoms with Gasteiger partial charge in [0, 0.05) is 6.54 Å². The highest BCUT2D eigenvalue weighted by atomic mass is 19.1. The zero-order valence-electron chi connectivity index (χ0n) is 11.2. The van der Waals surface area contributed by atoms with Gasteiger partial charge in [0.25, 0.3) is 0 Å². The first kappa shape index (κ1) is 13.8. The lowest BCUT2D eigenvalue weighted by molar-refractivity contribution is 0.208. The van der Waals surface area contributed by atoms with Gasteiger partial charge in [-0.2, -0.15) is 5.26 Å². The molecule has 0 radical (unpaired) electrons. The highest BCUT2D eigenvalue weighted by Crippen LogP contribution is 2.39. The molecule has 0 aliphatic heterocycles. The lowest BCUT2D eigenvalue weighted by Crippen LogP contribution is -2.39. The minimum atomic E-state index is -0.326. The molecule has 4 heteroatoms. The van der Waals surface area contributed by atoms with Gasteiger partial charge in [0.1, 0.15) is 0 Å². The lowest BCUT2D eigenvalue weighted by Gasteiger charge is -2.35. The Kier molecular flexibility index (Phi) is 4.39. The summed E-state index contributed by atoms with van der Waals surface area (Å²) in [6, 6.07) is 7.42. The van der Waals surface area contributed by atoms with E-state index in [9.17, 15) is 4.39 Å². The largest absolute Gasteiger partial charge is 0.494 e. The molecule has 102 valence electrons. The van der Waals surface area contributed by atoms with Gasteiger partial charge in [0.05, 0.1) is 18.6 Å². The number of nitrogens with one attached hydrogen (secondary N) is 1. The van der Waals surface area contributed by atoms with Crippen LogP contribution in [0.4, 0.5) is 4.39 Å². The second-order valence-electron chi connectivity index (χ2n) is 5.14. The molecule has 2 rings (SSSR count). The molecule has 1 fully saturated rings. The quantitative estimate of drug-likeness (QED) is 0.802. The first-order chi connectivity index (χ1) is 9.19. The Hall–Kier alpha value is -1.60. The summed E-state index contributed by atoms with van der Waals surface area (Å²) in [5.41, 5.74) is 0.788. The maximum absolute atomic E-state index is 13.5. The van der Waals surface area contributed by atoms with E-state index in [-0.39, 0.29) is 17.0 Å². The number of hydrogen-bond acceptors (Lipinski definition) is 3. The molecule has 1 N–H and O–H groups in total. The smallest absolute Gasteiger partial charge is 0.165 e. The number of rotatable bonds is 6. The van der Waals surface area contributed by atoms with Crippen LogP contribution < -0.4 is 10.1 Å². The van der Waals surface area contributed by atoms with Crippen LogP contribution in [-0.2, 0) is 6.42 Å². The maximum Gasteiger partial charge on any atom is 0.165 e. The number of halogens is 1. The molecule has 1 aliphatic carbocycles. The van der Waals surface area contributed by atoms with Crippen molar-refractivity contribution < 1.29 is 9.13 Å². The zero-order chi connectivity index (χ0) is 13.7. The van der Waals surface area contributed by atoms with Crippen molar-refractivity contribution >= 4 is 0 Å². The molecule has 0 atom stereocenters. The predicted octanol–water partition coefficient (Wildman–Crippen LogP) is 2.66. The van der Waals surface area contributed by atoms with Gasteiger partial charge in [-0.05, 0) is 43.5 Å². The van der Waals surface area contributed by atoms with Crippen LogP contribution in [0.1, 0.15) is 24.8 Å². The molecule has 1 aromatic rings. The van der Waals surface area contributed by atoms with Gasteiger partial charge >= 0.3 is 0 Å². The van der Waals surface area contributed by atoms with Crippen LogP contribution in [0.25, 0.3) is 0 Å². The van der Waals surface area contributed by atoms with Gasteiger partial charge in [-0.3, -0.25) is 0 Å². The number of nitriles is 1. The number of benzene rings is 1. The molecule has 0 amide bonds. The number of hydrogen-bond donors (Lipinski definition) is 1. The molecule has 19 heavy (non-hydrogen) atoms. The fourth-order valence-corrected chi connectivity index (χ4v) is 2.36. The Morgan fingerprint density at radius 1 is 1.47 bits per heavy atom. The summed E-state index contributed by atoms with van der Waals surface area (Å²) in [7, 11) is 1.46. The number of methoxy groups -OCH3 is 1. The average Bonchev–Trinajstić information content (AvgIpc) is 2.37. The van der Waals surface area contributed by atoms with E-state index in [1.165, 1.54) is 13.2 Å². The molecule has 0 unspecified atom stereocenters. The standard InChI is InChI=1S/C15H19FN2O/c1-19-14-4-3-12(9-13(14)16)5-8-18-11-15(10-17)6-2-7-15/h3-4,9,18H,2,5-8,11H2,1H3. The van der Waals surface area contributed by atoms with Crippen LogP contribution in [0.3, 0.4) is 0 Å². The summed E-state index contributed by atoms with van der Waals surface area (Å²) >= 11 is 0. The molecule has 1 aliphatic rings. The Balaban J connectivity index is 1.77. The highest BCUT2D eigenvalue weighted by molar-refractivity contribution is 5.29. The molecular weight excluding hydrogens is 243 g/mol.